The van der Waals surface area contributed by atoms with Crippen LogP contribution in [0, 0.1) is 0 Å². The second kappa shape index (κ2) is 6.51. The van der Waals surface area contributed by atoms with Gasteiger partial charge in [-0.1, -0.05) is 19.1 Å². The van der Waals surface area contributed by atoms with Gasteiger partial charge >= 0.3 is 6.03 Å². The summed E-state index contributed by atoms with van der Waals surface area (Å²) in [6.07, 6.45) is 1.33. The number of nitrogens with zero attached hydrogens (tertiary/aromatic N) is 1. The first-order chi connectivity index (χ1) is 11.5. The van der Waals surface area contributed by atoms with Crippen LogP contribution < -0.4 is 16.0 Å². The van der Waals surface area contributed by atoms with Gasteiger partial charge in [-0.2, -0.15) is 0 Å². The second-order valence-electron chi connectivity index (χ2n) is 6.32. The van der Waals surface area contributed by atoms with Crippen molar-refractivity contribution in [2.45, 2.75) is 44.8 Å². The Morgan fingerprint density at radius 2 is 2.17 bits per heavy atom. The van der Waals surface area contributed by atoms with Crippen LogP contribution in [0.4, 0.5) is 10.5 Å². The molecule has 2 aliphatic rings. The summed E-state index contributed by atoms with van der Waals surface area (Å²) in [5, 5.41) is 8.32. The predicted molar refractivity (Wildman–Crippen MR) is 89.5 cm³/mol. The molecule has 2 aliphatic heterocycles. The van der Waals surface area contributed by atoms with Crippen molar-refractivity contribution in [1.29, 1.82) is 0 Å². The summed E-state index contributed by atoms with van der Waals surface area (Å²) in [6, 6.07) is 6.11. The summed E-state index contributed by atoms with van der Waals surface area (Å²) in [6.45, 7) is 4.09. The standard InChI is InChI=1S/C17H22N4O3/c1-3-11-5-4-6-12(7-11)19-17(24)20-13-8-14-15(22)18-10(2)16(23)21(14)9-13/h4-7,10,13-14H,3,8-9H2,1-2H3,(H,18,22)(H2,19,20,24)/t10-,13-,14-/m0/s1. The number of amides is 4. The third-order valence-electron chi connectivity index (χ3n) is 4.54. The van der Waals surface area contributed by atoms with Crippen LogP contribution >= 0.6 is 0 Å². The number of piperazine rings is 1. The number of carbonyl (C=O) groups excluding carboxylic acids is 3. The summed E-state index contributed by atoms with van der Waals surface area (Å²) >= 11 is 0. The molecule has 1 aromatic rings. The Morgan fingerprint density at radius 1 is 1.38 bits per heavy atom. The number of benzene rings is 1. The summed E-state index contributed by atoms with van der Waals surface area (Å²) < 4.78 is 0. The van der Waals surface area contributed by atoms with Gasteiger partial charge in [0.05, 0.1) is 6.04 Å². The predicted octanol–water partition coefficient (Wildman–Crippen LogP) is 0.858. The van der Waals surface area contributed by atoms with Crippen LogP contribution in [0.3, 0.4) is 0 Å². The van der Waals surface area contributed by atoms with E-state index in [4.69, 9.17) is 0 Å². The van der Waals surface area contributed by atoms with Crippen LogP contribution in [0.15, 0.2) is 24.3 Å². The molecule has 7 nitrogen and oxygen atoms in total. The molecule has 128 valence electrons. The number of carbonyl (C=O) groups is 3. The third-order valence-corrected chi connectivity index (χ3v) is 4.54. The van der Waals surface area contributed by atoms with Crippen molar-refractivity contribution >= 4 is 23.5 Å². The minimum Gasteiger partial charge on any atom is -0.343 e. The minimum absolute atomic E-state index is 0.0973. The zero-order valence-electron chi connectivity index (χ0n) is 13.8. The van der Waals surface area contributed by atoms with Gasteiger partial charge in [0, 0.05) is 12.2 Å². The fourth-order valence-electron chi connectivity index (χ4n) is 3.27. The van der Waals surface area contributed by atoms with Gasteiger partial charge in [-0.15, -0.1) is 0 Å². The molecule has 2 saturated heterocycles. The first-order valence-electron chi connectivity index (χ1n) is 8.25. The van der Waals surface area contributed by atoms with E-state index in [1.807, 2.05) is 24.3 Å². The molecule has 0 aliphatic carbocycles. The number of hydrogen-bond acceptors (Lipinski definition) is 3. The zero-order chi connectivity index (χ0) is 17.3. The molecule has 2 fully saturated rings. The molecule has 24 heavy (non-hydrogen) atoms. The first kappa shape index (κ1) is 16.3. The molecule has 3 atom stereocenters. The number of aryl methyl sites for hydroxylation is 1. The maximum Gasteiger partial charge on any atom is 0.319 e. The Morgan fingerprint density at radius 3 is 2.92 bits per heavy atom. The van der Waals surface area contributed by atoms with Crippen molar-refractivity contribution in [3.05, 3.63) is 29.8 Å². The van der Waals surface area contributed by atoms with Crippen LogP contribution in [-0.4, -0.2) is 47.4 Å². The summed E-state index contributed by atoms with van der Waals surface area (Å²) in [5.74, 6) is -0.248. The maximum absolute atomic E-state index is 12.2. The van der Waals surface area contributed by atoms with E-state index in [-0.39, 0.29) is 23.9 Å². The van der Waals surface area contributed by atoms with E-state index in [1.165, 1.54) is 0 Å². The van der Waals surface area contributed by atoms with Gasteiger partial charge in [0.15, 0.2) is 0 Å². The highest BCUT2D eigenvalue weighted by atomic mass is 16.2. The monoisotopic (exact) mass is 330 g/mol. The minimum atomic E-state index is -0.502. The van der Waals surface area contributed by atoms with Crippen molar-refractivity contribution in [3.63, 3.8) is 0 Å². The maximum atomic E-state index is 12.2. The van der Waals surface area contributed by atoms with Crippen molar-refractivity contribution in [3.8, 4) is 0 Å². The van der Waals surface area contributed by atoms with Crippen molar-refractivity contribution in [2.24, 2.45) is 0 Å². The second-order valence-corrected chi connectivity index (χ2v) is 6.32. The number of urea groups is 1. The molecule has 1 aromatic carbocycles. The lowest BCUT2D eigenvalue weighted by molar-refractivity contribution is -0.146. The smallest absolute Gasteiger partial charge is 0.319 e. The molecule has 0 aromatic heterocycles. The average molecular weight is 330 g/mol. The van der Waals surface area contributed by atoms with Crippen molar-refractivity contribution in [1.82, 2.24) is 15.5 Å². The highest BCUT2D eigenvalue weighted by Gasteiger charge is 2.45. The van der Waals surface area contributed by atoms with Crippen LogP contribution in [0.2, 0.25) is 0 Å². The van der Waals surface area contributed by atoms with E-state index in [0.717, 1.165) is 17.7 Å². The Kier molecular flexibility index (Phi) is 4.42. The summed E-state index contributed by atoms with van der Waals surface area (Å²) in [7, 11) is 0. The molecule has 3 N–H and O–H groups in total. The van der Waals surface area contributed by atoms with Gasteiger partial charge < -0.3 is 20.9 Å². The Balaban J connectivity index is 1.59. The average Bonchev–Trinajstić information content (AvgIpc) is 2.97. The fraction of sp³-hybridized carbons (Fsp3) is 0.471. The number of anilines is 1. The highest BCUT2D eigenvalue weighted by molar-refractivity contribution is 5.97. The Hall–Kier alpha value is -2.57. The topological polar surface area (TPSA) is 90.5 Å². The number of rotatable bonds is 3. The van der Waals surface area contributed by atoms with Crippen LogP contribution in [0.1, 0.15) is 25.8 Å². The molecule has 2 heterocycles. The van der Waals surface area contributed by atoms with Crippen LogP contribution in [-0.2, 0) is 16.0 Å². The van der Waals surface area contributed by atoms with Gasteiger partial charge in [-0.25, -0.2) is 4.79 Å². The van der Waals surface area contributed by atoms with Gasteiger partial charge in [-0.05, 0) is 37.5 Å². The van der Waals surface area contributed by atoms with Crippen LogP contribution in [0.25, 0.3) is 0 Å². The number of fused-ring (bicyclic) bond motifs is 1. The summed E-state index contributed by atoms with van der Waals surface area (Å²) in [5.41, 5.74) is 1.87. The molecule has 7 heteroatoms. The lowest BCUT2D eigenvalue weighted by Crippen LogP contribution is -2.60. The van der Waals surface area contributed by atoms with Gasteiger partial charge in [0.2, 0.25) is 11.8 Å². The van der Waals surface area contributed by atoms with E-state index < -0.39 is 12.1 Å². The molecule has 0 unspecified atom stereocenters. The third kappa shape index (κ3) is 3.20. The van der Waals surface area contributed by atoms with Gasteiger partial charge in [-0.3, -0.25) is 9.59 Å². The summed E-state index contributed by atoms with van der Waals surface area (Å²) in [4.78, 5) is 37.9. The largest absolute Gasteiger partial charge is 0.343 e. The molecule has 0 radical (unpaired) electrons. The molecule has 0 bridgehead atoms. The fourth-order valence-corrected chi connectivity index (χ4v) is 3.27. The van der Waals surface area contributed by atoms with Gasteiger partial charge in [0.1, 0.15) is 12.1 Å². The lowest BCUT2D eigenvalue weighted by atomic mass is 10.1. The lowest BCUT2D eigenvalue weighted by Gasteiger charge is -2.32. The van der Waals surface area contributed by atoms with Crippen molar-refractivity contribution in [2.75, 3.05) is 11.9 Å². The molecular formula is C17H22N4O3. The Labute approximate surface area is 140 Å². The molecule has 4 amide bonds. The first-order valence-corrected chi connectivity index (χ1v) is 8.25. The van der Waals surface area contributed by atoms with E-state index in [1.54, 1.807) is 11.8 Å². The highest BCUT2D eigenvalue weighted by Crippen LogP contribution is 2.22. The van der Waals surface area contributed by atoms with Crippen LogP contribution in [0.5, 0.6) is 0 Å². The number of hydrogen-bond donors (Lipinski definition) is 3. The van der Waals surface area contributed by atoms with Crippen molar-refractivity contribution < 1.29 is 14.4 Å². The molecule has 0 spiro atoms. The SMILES string of the molecule is CCc1cccc(NC(=O)N[C@H]2C[C@H]3C(=O)N[C@@H](C)C(=O)N3C2)c1. The Bertz CT molecular complexity index is 676. The van der Waals surface area contributed by atoms with Gasteiger partial charge in [0.25, 0.3) is 0 Å². The molecule has 3 rings (SSSR count). The van der Waals surface area contributed by atoms with E-state index in [0.29, 0.717) is 13.0 Å². The zero-order valence-corrected chi connectivity index (χ0v) is 13.8. The van der Waals surface area contributed by atoms with E-state index in [9.17, 15) is 14.4 Å². The quantitative estimate of drug-likeness (QED) is 0.768. The normalized spacial score (nSPS) is 25.9. The molecule has 0 saturated carbocycles. The molecular weight excluding hydrogens is 308 g/mol. The van der Waals surface area contributed by atoms with E-state index in [2.05, 4.69) is 22.9 Å². The van der Waals surface area contributed by atoms with E-state index >= 15 is 0 Å². The number of nitrogens with one attached hydrogen (secondary N) is 3.